The molecule has 0 spiro atoms. The smallest absolute Gasteiger partial charge is 0.323 e. The molecule has 6 heteroatoms. The van der Waals surface area contributed by atoms with E-state index >= 15 is 0 Å². The number of carbonyl (C=O) groups is 1. The summed E-state index contributed by atoms with van der Waals surface area (Å²) >= 11 is 0. The van der Waals surface area contributed by atoms with Crippen LogP contribution in [0.5, 0.6) is 11.5 Å². The van der Waals surface area contributed by atoms with E-state index < -0.39 is 12.0 Å². The zero-order valence-corrected chi connectivity index (χ0v) is 14.1. The second-order valence-corrected chi connectivity index (χ2v) is 5.59. The Morgan fingerprint density at radius 2 is 1.87 bits per heavy atom. The summed E-state index contributed by atoms with van der Waals surface area (Å²) in [6.45, 7) is 4.11. The van der Waals surface area contributed by atoms with Gasteiger partial charge >= 0.3 is 5.97 Å². The number of esters is 1. The third kappa shape index (κ3) is 4.07. The molecule has 0 aliphatic carbocycles. The van der Waals surface area contributed by atoms with E-state index in [2.05, 4.69) is 4.90 Å². The highest BCUT2D eigenvalue weighted by molar-refractivity contribution is 5.76. The maximum absolute atomic E-state index is 11.8. The Labute approximate surface area is 137 Å². The van der Waals surface area contributed by atoms with Crippen molar-refractivity contribution in [3.63, 3.8) is 0 Å². The minimum Gasteiger partial charge on any atom is -0.496 e. The van der Waals surface area contributed by atoms with Crippen LogP contribution in [0.15, 0.2) is 12.1 Å². The molecule has 1 aromatic rings. The molecule has 0 amide bonds. The first kappa shape index (κ1) is 17.4. The lowest BCUT2D eigenvalue weighted by atomic mass is 10.0. The zero-order chi connectivity index (χ0) is 16.8. The van der Waals surface area contributed by atoms with Crippen LogP contribution in [0.2, 0.25) is 0 Å². The van der Waals surface area contributed by atoms with Crippen LogP contribution >= 0.6 is 0 Å². The molecular weight excluding hydrogens is 296 g/mol. The summed E-state index contributed by atoms with van der Waals surface area (Å²) in [7, 11) is 3.27. The molecule has 0 aromatic heterocycles. The molecule has 6 nitrogen and oxygen atoms in total. The van der Waals surface area contributed by atoms with Crippen molar-refractivity contribution in [2.24, 2.45) is 5.73 Å². The number of anilines is 1. The number of rotatable bonds is 7. The fourth-order valence-corrected chi connectivity index (χ4v) is 2.88. The van der Waals surface area contributed by atoms with Gasteiger partial charge in [0, 0.05) is 31.1 Å². The van der Waals surface area contributed by atoms with Crippen LogP contribution in [0.1, 0.15) is 25.3 Å². The van der Waals surface area contributed by atoms with Gasteiger partial charge in [0.15, 0.2) is 0 Å². The average molecular weight is 322 g/mol. The standard InChI is InChI=1S/C17H26N2O4/c1-4-23-17(20)13(18)9-12-10-16(22-3)14(11-15(12)21-2)19-7-5-6-8-19/h10-11,13H,4-9,18H2,1-3H3. The van der Waals surface area contributed by atoms with Gasteiger partial charge in [-0.25, -0.2) is 0 Å². The minimum atomic E-state index is -0.716. The summed E-state index contributed by atoms with van der Waals surface area (Å²) in [5.74, 6) is 1.09. The van der Waals surface area contributed by atoms with Crippen LogP contribution in [0.3, 0.4) is 0 Å². The van der Waals surface area contributed by atoms with Crippen LogP contribution in [0, 0.1) is 0 Å². The van der Waals surface area contributed by atoms with Crippen LogP contribution in [-0.4, -0.2) is 45.9 Å². The second kappa shape index (κ2) is 8.06. The van der Waals surface area contributed by atoms with Gasteiger partial charge in [0.25, 0.3) is 0 Å². The zero-order valence-electron chi connectivity index (χ0n) is 14.1. The molecule has 23 heavy (non-hydrogen) atoms. The number of nitrogens with zero attached hydrogens (tertiary/aromatic N) is 1. The molecule has 1 fully saturated rings. The largest absolute Gasteiger partial charge is 0.496 e. The normalized spacial score (nSPS) is 15.4. The quantitative estimate of drug-likeness (QED) is 0.771. The van der Waals surface area contributed by atoms with Crippen LogP contribution < -0.4 is 20.1 Å². The van der Waals surface area contributed by atoms with E-state index in [1.165, 1.54) is 12.8 Å². The molecule has 2 N–H and O–H groups in total. The fraction of sp³-hybridized carbons (Fsp3) is 0.588. The molecule has 1 heterocycles. The van der Waals surface area contributed by atoms with Crippen molar-refractivity contribution >= 4 is 11.7 Å². The number of ether oxygens (including phenoxy) is 3. The molecule has 0 radical (unpaired) electrons. The summed E-state index contributed by atoms with van der Waals surface area (Å²) in [6.07, 6.45) is 2.71. The number of methoxy groups -OCH3 is 2. The lowest BCUT2D eigenvalue weighted by Crippen LogP contribution is -2.34. The van der Waals surface area contributed by atoms with E-state index in [0.29, 0.717) is 18.8 Å². The van der Waals surface area contributed by atoms with Crippen molar-refractivity contribution in [2.45, 2.75) is 32.2 Å². The number of hydrogen-bond donors (Lipinski definition) is 1. The van der Waals surface area contributed by atoms with Gasteiger partial charge in [0.2, 0.25) is 0 Å². The number of carbonyl (C=O) groups excluding carboxylic acids is 1. The topological polar surface area (TPSA) is 74.0 Å². The molecule has 128 valence electrons. The van der Waals surface area contributed by atoms with E-state index in [-0.39, 0.29) is 0 Å². The van der Waals surface area contributed by atoms with Crippen LogP contribution in [-0.2, 0) is 16.0 Å². The highest BCUT2D eigenvalue weighted by atomic mass is 16.5. The van der Waals surface area contributed by atoms with Crippen molar-refractivity contribution < 1.29 is 19.0 Å². The van der Waals surface area contributed by atoms with Crippen molar-refractivity contribution in [1.82, 2.24) is 0 Å². The molecule has 1 atom stereocenters. The number of benzene rings is 1. The van der Waals surface area contributed by atoms with Crippen molar-refractivity contribution in [1.29, 1.82) is 0 Å². The molecule has 1 aliphatic rings. The minimum absolute atomic E-state index is 0.320. The van der Waals surface area contributed by atoms with Crippen molar-refractivity contribution in [2.75, 3.05) is 38.8 Å². The predicted octanol–water partition coefficient (Wildman–Crippen LogP) is 1.74. The molecule has 0 saturated carbocycles. The summed E-state index contributed by atoms with van der Waals surface area (Å²) in [4.78, 5) is 14.0. The predicted molar refractivity (Wildman–Crippen MR) is 89.3 cm³/mol. The highest BCUT2D eigenvalue weighted by Gasteiger charge is 2.22. The molecular formula is C17H26N2O4. The first-order valence-corrected chi connectivity index (χ1v) is 8.02. The molecule has 1 aromatic carbocycles. The first-order chi connectivity index (χ1) is 11.1. The summed E-state index contributed by atoms with van der Waals surface area (Å²) in [5, 5.41) is 0. The molecule has 2 rings (SSSR count). The molecule has 0 bridgehead atoms. The Morgan fingerprint density at radius 1 is 1.22 bits per heavy atom. The Kier molecular flexibility index (Phi) is 6.10. The Morgan fingerprint density at radius 3 is 2.43 bits per heavy atom. The van der Waals surface area contributed by atoms with E-state index in [4.69, 9.17) is 19.9 Å². The lowest BCUT2D eigenvalue weighted by molar-refractivity contribution is -0.144. The van der Waals surface area contributed by atoms with Crippen molar-refractivity contribution in [3.8, 4) is 11.5 Å². The van der Waals surface area contributed by atoms with Crippen LogP contribution in [0.25, 0.3) is 0 Å². The summed E-state index contributed by atoms with van der Waals surface area (Å²) in [6, 6.07) is 3.16. The fourth-order valence-electron chi connectivity index (χ4n) is 2.88. The SMILES string of the molecule is CCOC(=O)C(N)Cc1cc(OC)c(N2CCCC2)cc1OC. The molecule has 1 aliphatic heterocycles. The molecule has 1 saturated heterocycles. The van der Waals surface area contributed by atoms with Gasteiger partial charge in [-0.05, 0) is 25.8 Å². The maximum atomic E-state index is 11.8. The first-order valence-electron chi connectivity index (χ1n) is 8.02. The van der Waals surface area contributed by atoms with Gasteiger partial charge in [-0.1, -0.05) is 0 Å². The van der Waals surface area contributed by atoms with Gasteiger partial charge < -0.3 is 24.8 Å². The Hall–Kier alpha value is -1.95. The maximum Gasteiger partial charge on any atom is 0.323 e. The van der Waals surface area contributed by atoms with Gasteiger partial charge in [0.05, 0.1) is 26.5 Å². The van der Waals surface area contributed by atoms with Gasteiger partial charge in [-0.15, -0.1) is 0 Å². The second-order valence-electron chi connectivity index (χ2n) is 5.59. The third-order valence-corrected chi connectivity index (χ3v) is 4.06. The van der Waals surface area contributed by atoms with Gasteiger partial charge in [0.1, 0.15) is 17.5 Å². The van der Waals surface area contributed by atoms with Crippen LogP contribution in [0.4, 0.5) is 5.69 Å². The summed E-state index contributed by atoms with van der Waals surface area (Å²) in [5.41, 5.74) is 7.79. The Bertz CT molecular complexity index is 542. The monoisotopic (exact) mass is 322 g/mol. The summed E-state index contributed by atoms with van der Waals surface area (Å²) < 4.78 is 16.0. The van der Waals surface area contributed by atoms with E-state index in [1.807, 2.05) is 12.1 Å². The Balaban J connectivity index is 2.27. The lowest BCUT2D eigenvalue weighted by Gasteiger charge is -2.23. The van der Waals surface area contributed by atoms with E-state index in [1.54, 1.807) is 21.1 Å². The van der Waals surface area contributed by atoms with E-state index in [0.717, 1.165) is 30.1 Å². The van der Waals surface area contributed by atoms with Crippen molar-refractivity contribution in [3.05, 3.63) is 17.7 Å². The molecule has 1 unspecified atom stereocenters. The third-order valence-electron chi connectivity index (χ3n) is 4.06. The average Bonchev–Trinajstić information content (AvgIpc) is 3.08. The van der Waals surface area contributed by atoms with E-state index in [9.17, 15) is 4.79 Å². The number of nitrogens with two attached hydrogens (primary N) is 1. The van der Waals surface area contributed by atoms with Gasteiger partial charge in [-0.2, -0.15) is 0 Å². The van der Waals surface area contributed by atoms with Gasteiger partial charge in [-0.3, -0.25) is 4.79 Å². The number of hydrogen-bond acceptors (Lipinski definition) is 6. The highest BCUT2D eigenvalue weighted by Crippen LogP contribution is 2.37.